The summed E-state index contributed by atoms with van der Waals surface area (Å²) < 4.78 is 27.5. The molecule has 1 aromatic carbocycles. The van der Waals surface area contributed by atoms with E-state index in [1.54, 1.807) is 31.2 Å². The molecule has 21 heavy (non-hydrogen) atoms. The van der Waals surface area contributed by atoms with Crippen LogP contribution >= 0.6 is 34.5 Å². The maximum atomic E-state index is 12.5. The molecule has 4 nitrogen and oxygen atoms in total. The Labute approximate surface area is 138 Å². The van der Waals surface area contributed by atoms with Crippen LogP contribution in [0.25, 0.3) is 0 Å². The third kappa shape index (κ3) is 3.70. The number of hydrogen-bond donors (Lipinski definition) is 2. The third-order valence-electron chi connectivity index (χ3n) is 2.76. The zero-order chi connectivity index (χ0) is 15.6. The highest BCUT2D eigenvalue weighted by atomic mass is 35.5. The topological polar surface area (TPSA) is 58.2 Å². The molecule has 0 spiro atoms. The molecule has 0 radical (unpaired) electrons. The minimum absolute atomic E-state index is 0.196. The number of hydrogen-bond acceptors (Lipinski definition) is 4. The van der Waals surface area contributed by atoms with E-state index >= 15 is 0 Å². The van der Waals surface area contributed by atoms with Gasteiger partial charge in [0.15, 0.2) is 0 Å². The van der Waals surface area contributed by atoms with Crippen LogP contribution < -0.4 is 10.0 Å². The van der Waals surface area contributed by atoms with Crippen molar-refractivity contribution < 1.29 is 8.42 Å². The van der Waals surface area contributed by atoms with Crippen molar-refractivity contribution in [2.45, 2.75) is 18.4 Å². The van der Waals surface area contributed by atoms with E-state index in [-0.39, 0.29) is 20.6 Å². The summed E-state index contributed by atoms with van der Waals surface area (Å²) in [5, 5.41) is 3.51. The highest BCUT2D eigenvalue weighted by Crippen LogP contribution is 2.33. The predicted molar refractivity (Wildman–Crippen MR) is 89.1 cm³/mol. The van der Waals surface area contributed by atoms with E-state index in [0.29, 0.717) is 6.54 Å². The van der Waals surface area contributed by atoms with Crippen LogP contribution in [0, 0.1) is 6.92 Å². The molecule has 2 N–H and O–H groups in total. The van der Waals surface area contributed by atoms with Crippen LogP contribution in [0.1, 0.15) is 9.75 Å². The molecule has 0 amide bonds. The van der Waals surface area contributed by atoms with E-state index in [4.69, 9.17) is 23.2 Å². The molecule has 0 aliphatic rings. The smallest absolute Gasteiger partial charge is 0.263 e. The Morgan fingerprint density at radius 1 is 1.24 bits per heavy atom. The molecule has 2 aromatic rings. The summed E-state index contributed by atoms with van der Waals surface area (Å²) in [6.07, 6.45) is 0. The van der Waals surface area contributed by atoms with Crippen LogP contribution in [0.4, 0.5) is 5.69 Å². The quantitative estimate of drug-likeness (QED) is 0.845. The highest BCUT2D eigenvalue weighted by Gasteiger charge is 2.22. The number of para-hydroxylation sites is 1. The molecule has 0 aliphatic carbocycles. The summed E-state index contributed by atoms with van der Waals surface area (Å²) >= 11 is 13.4. The van der Waals surface area contributed by atoms with E-state index in [9.17, 15) is 8.42 Å². The largest absolute Gasteiger partial charge is 0.315 e. The van der Waals surface area contributed by atoms with E-state index in [1.807, 2.05) is 7.05 Å². The van der Waals surface area contributed by atoms with Crippen molar-refractivity contribution in [3.05, 3.63) is 44.1 Å². The summed E-state index contributed by atoms with van der Waals surface area (Å²) in [5.74, 6) is 0. The molecule has 0 saturated carbocycles. The molecule has 0 aliphatic heterocycles. The molecule has 0 atom stereocenters. The van der Waals surface area contributed by atoms with Gasteiger partial charge in [-0.25, -0.2) is 8.42 Å². The van der Waals surface area contributed by atoms with Gasteiger partial charge in [-0.2, -0.15) is 0 Å². The minimum Gasteiger partial charge on any atom is -0.315 e. The summed E-state index contributed by atoms with van der Waals surface area (Å²) in [7, 11) is -1.91. The highest BCUT2D eigenvalue weighted by molar-refractivity contribution is 7.93. The number of nitrogens with one attached hydrogen (secondary N) is 2. The van der Waals surface area contributed by atoms with Crippen molar-refractivity contribution in [3.63, 3.8) is 0 Å². The van der Waals surface area contributed by atoms with Gasteiger partial charge in [-0.15, -0.1) is 11.3 Å². The number of aryl methyl sites for hydroxylation is 1. The van der Waals surface area contributed by atoms with Gasteiger partial charge in [0, 0.05) is 16.3 Å². The lowest BCUT2D eigenvalue weighted by atomic mass is 10.3. The van der Waals surface area contributed by atoms with Crippen molar-refractivity contribution in [1.29, 1.82) is 0 Å². The van der Waals surface area contributed by atoms with Crippen molar-refractivity contribution in [2.75, 3.05) is 11.8 Å². The van der Waals surface area contributed by atoms with Crippen LogP contribution in [0.3, 0.4) is 0 Å². The lowest BCUT2D eigenvalue weighted by Crippen LogP contribution is -2.14. The van der Waals surface area contributed by atoms with E-state index in [1.165, 1.54) is 11.3 Å². The molecule has 0 unspecified atom stereocenters. The van der Waals surface area contributed by atoms with Crippen molar-refractivity contribution in [2.24, 2.45) is 0 Å². The lowest BCUT2D eigenvalue weighted by Gasteiger charge is -2.10. The van der Waals surface area contributed by atoms with Gasteiger partial charge in [-0.1, -0.05) is 29.3 Å². The Morgan fingerprint density at radius 2 is 1.86 bits per heavy atom. The maximum absolute atomic E-state index is 12.5. The van der Waals surface area contributed by atoms with Gasteiger partial charge in [0.25, 0.3) is 10.0 Å². The number of sulfonamides is 1. The Balaban J connectivity index is 2.39. The molecule has 2 rings (SSSR count). The Bertz CT molecular complexity index is 737. The fourth-order valence-electron chi connectivity index (χ4n) is 1.84. The normalized spacial score (nSPS) is 11.6. The van der Waals surface area contributed by atoms with Gasteiger partial charge < -0.3 is 5.32 Å². The Morgan fingerprint density at radius 3 is 2.43 bits per heavy atom. The first-order valence-corrected chi connectivity index (χ1v) is 9.11. The van der Waals surface area contributed by atoms with Gasteiger partial charge in [0.1, 0.15) is 4.90 Å². The number of benzene rings is 1. The van der Waals surface area contributed by atoms with Gasteiger partial charge in [0.2, 0.25) is 0 Å². The fraction of sp³-hybridized carbons (Fsp3) is 0.231. The SMILES string of the molecule is CNCc1cc(S(=O)(=O)Nc2c(Cl)cccc2Cl)c(C)s1. The van der Waals surface area contributed by atoms with Gasteiger partial charge in [0.05, 0.1) is 15.7 Å². The number of thiophene rings is 1. The average molecular weight is 365 g/mol. The van der Waals surface area contributed by atoms with Gasteiger partial charge in [-0.3, -0.25) is 4.72 Å². The van der Waals surface area contributed by atoms with Crippen molar-refractivity contribution in [1.82, 2.24) is 5.32 Å². The molecule has 8 heteroatoms. The van der Waals surface area contributed by atoms with Crippen LogP contribution in [-0.4, -0.2) is 15.5 Å². The first-order chi connectivity index (χ1) is 9.85. The van der Waals surface area contributed by atoms with Crippen molar-refractivity contribution in [3.8, 4) is 0 Å². The zero-order valence-electron chi connectivity index (χ0n) is 11.4. The number of halogens is 2. The van der Waals surface area contributed by atoms with E-state index in [2.05, 4.69) is 10.0 Å². The summed E-state index contributed by atoms with van der Waals surface area (Å²) in [6.45, 7) is 2.39. The summed E-state index contributed by atoms with van der Waals surface area (Å²) in [4.78, 5) is 1.91. The van der Waals surface area contributed by atoms with E-state index < -0.39 is 10.0 Å². The second-order valence-electron chi connectivity index (χ2n) is 4.37. The first-order valence-electron chi connectivity index (χ1n) is 6.06. The van der Waals surface area contributed by atoms with Crippen LogP contribution in [0.2, 0.25) is 10.0 Å². The molecular formula is C13H14Cl2N2O2S2. The Kier molecular flexibility index (Phi) is 5.16. The predicted octanol–water partition coefficient (Wildman–Crippen LogP) is 3.88. The summed E-state index contributed by atoms with van der Waals surface area (Å²) in [5.41, 5.74) is 0.196. The Hall–Kier alpha value is -0.790. The molecule has 0 saturated heterocycles. The molecule has 114 valence electrons. The number of anilines is 1. The monoisotopic (exact) mass is 364 g/mol. The third-order valence-corrected chi connectivity index (χ3v) is 6.05. The maximum Gasteiger partial charge on any atom is 0.263 e. The van der Waals surface area contributed by atoms with Gasteiger partial charge >= 0.3 is 0 Å². The van der Waals surface area contributed by atoms with E-state index in [0.717, 1.165) is 9.75 Å². The second-order valence-corrected chi connectivity index (χ2v) is 8.17. The lowest BCUT2D eigenvalue weighted by molar-refractivity contribution is 0.601. The second kappa shape index (κ2) is 6.54. The van der Waals surface area contributed by atoms with Crippen LogP contribution in [-0.2, 0) is 16.6 Å². The molecule has 0 bridgehead atoms. The minimum atomic E-state index is -3.72. The molecule has 0 fully saturated rings. The van der Waals surface area contributed by atoms with Crippen molar-refractivity contribution >= 4 is 50.2 Å². The zero-order valence-corrected chi connectivity index (χ0v) is 14.6. The van der Waals surface area contributed by atoms with Gasteiger partial charge in [-0.05, 0) is 32.2 Å². The molecular weight excluding hydrogens is 351 g/mol. The average Bonchev–Trinajstić information content (AvgIpc) is 2.76. The van der Waals surface area contributed by atoms with Crippen LogP contribution in [0.5, 0.6) is 0 Å². The number of rotatable bonds is 5. The summed E-state index contributed by atoms with van der Waals surface area (Å²) in [6, 6.07) is 6.48. The molecule has 1 heterocycles. The first kappa shape index (κ1) is 16.6. The standard InChI is InChI=1S/C13H14Cl2N2O2S2/c1-8-12(6-9(20-8)7-16-2)21(18,19)17-13-10(14)4-3-5-11(13)15/h3-6,16-17H,7H2,1-2H3. The van der Waals surface area contributed by atoms with Crippen LogP contribution in [0.15, 0.2) is 29.2 Å². The fourth-order valence-corrected chi connectivity index (χ4v) is 5.19. The molecule has 1 aromatic heterocycles.